The van der Waals surface area contributed by atoms with Crippen molar-refractivity contribution < 1.29 is 9.21 Å². The molecule has 3 heterocycles. The number of amides is 1. The molecule has 3 aliphatic rings. The van der Waals surface area contributed by atoms with E-state index >= 15 is 0 Å². The molecule has 2 aromatic rings. The number of hydrogen-bond acceptors (Lipinski definition) is 4. The minimum atomic E-state index is 0.0149. The summed E-state index contributed by atoms with van der Waals surface area (Å²) < 4.78 is 7.71. The van der Waals surface area contributed by atoms with Crippen molar-refractivity contribution in [3.05, 3.63) is 18.4 Å². The van der Waals surface area contributed by atoms with Crippen LogP contribution in [0.25, 0.3) is 11.6 Å². The molecular weight excluding hydrogens is 340 g/mol. The first-order valence-electron chi connectivity index (χ1n) is 10.6. The fourth-order valence-electron chi connectivity index (χ4n) is 5.83. The third-order valence-corrected chi connectivity index (χ3v) is 7.01. The maximum Gasteiger partial charge on any atom is 0.232 e. The first kappa shape index (κ1) is 17.0. The first-order chi connectivity index (χ1) is 13.2. The van der Waals surface area contributed by atoms with Gasteiger partial charge in [0.05, 0.1) is 11.8 Å². The topological polar surface area (TPSA) is 64.2 Å². The zero-order chi connectivity index (χ0) is 18.4. The predicted octanol–water partition coefficient (Wildman–Crippen LogP) is 4.51. The molecule has 0 radical (unpaired) electrons. The summed E-state index contributed by atoms with van der Waals surface area (Å²) in [6.07, 6.45) is 12.9. The third kappa shape index (κ3) is 2.48. The fraction of sp³-hybridized carbons (Fsp3) is 0.667. The van der Waals surface area contributed by atoms with E-state index in [4.69, 9.17) is 14.5 Å². The highest BCUT2D eigenvalue weighted by Gasteiger charge is 2.54. The van der Waals surface area contributed by atoms with E-state index < -0.39 is 0 Å². The summed E-state index contributed by atoms with van der Waals surface area (Å²) in [6, 6.07) is 4.03. The van der Waals surface area contributed by atoms with E-state index in [2.05, 4.69) is 4.68 Å². The van der Waals surface area contributed by atoms with Gasteiger partial charge in [-0.25, -0.2) is 4.68 Å². The van der Waals surface area contributed by atoms with Gasteiger partial charge in [0.25, 0.3) is 0 Å². The zero-order valence-electron chi connectivity index (χ0n) is 16.1. The molecule has 2 fully saturated rings. The summed E-state index contributed by atoms with van der Waals surface area (Å²) in [7, 11) is 0. The van der Waals surface area contributed by atoms with Crippen LogP contribution in [0.4, 0.5) is 5.95 Å². The summed E-state index contributed by atoms with van der Waals surface area (Å²) in [4.78, 5) is 19.8. The molecule has 6 heteroatoms. The van der Waals surface area contributed by atoms with E-state index in [0.717, 1.165) is 25.2 Å². The molecule has 144 valence electrons. The number of fused-ring (bicyclic) bond motifs is 4. The van der Waals surface area contributed by atoms with Crippen molar-refractivity contribution in [1.29, 1.82) is 0 Å². The summed E-state index contributed by atoms with van der Waals surface area (Å²) in [5.41, 5.74) is 0.0149. The molecule has 2 aromatic heterocycles. The van der Waals surface area contributed by atoms with Gasteiger partial charge in [0.1, 0.15) is 0 Å². The van der Waals surface area contributed by atoms with E-state index in [9.17, 15) is 4.79 Å². The Morgan fingerprint density at radius 3 is 2.78 bits per heavy atom. The van der Waals surface area contributed by atoms with Crippen LogP contribution in [0.2, 0.25) is 0 Å². The van der Waals surface area contributed by atoms with E-state index in [1.165, 1.54) is 38.5 Å². The number of carbonyl (C=O) groups excluding carboxylic acids is 1. The summed E-state index contributed by atoms with van der Waals surface area (Å²) in [5.74, 6) is 2.68. The number of aromatic nitrogens is 3. The Morgan fingerprint density at radius 1 is 1.22 bits per heavy atom. The summed E-state index contributed by atoms with van der Waals surface area (Å²) in [5, 5.41) is 4.95. The van der Waals surface area contributed by atoms with E-state index in [-0.39, 0.29) is 17.5 Å². The second-order valence-corrected chi connectivity index (χ2v) is 8.36. The molecule has 1 spiro atoms. The lowest BCUT2D eigenvalue weighted by atomic mass is 9.64. The average Bonchev–Trinajstić information content (AvgIpc) is 3.39. The summed E-state index contributed by atoms with van der Waals surface area (Å²) in [6.45, 7) is 1.94. The van der Waals surface area contributed by atoms with Crippen LogP contribution in [0.1, 0.15) is 71.1 Å². The number of anilines is 1. The van der Waals surface area contributed by atoms with Crippen LogP contribution in [0.5, 0.6) is 0 Å². The van der Waals surface area contributed by atoms with Gasteiger partial charge in [-0.2, -0.15) is 4.98 Å². The number of rotatable bonds is 2. The smallest absolute Gasteiger partial charge is 0.232 e. The van der Waals surface area contributed by atoms with Gasteiger partial charge in [0.15, 0.2) is 5.76 Å². The van der Waals surface area contributed by atoms with Crippen LogP contribution >= 0.6 is 0 Å². The van der Waals surface area contributed by atoms with Gasteiger partial charge in [0.2, 0.25) is 17.7 Å². The Kier molecular flexibility index (Phi) is 4.10. The Hall–Kier alpha value is -2.11. The van der Waals surface area contributed by atoms with Gasteiger partial charge >= 0.3 is 0 Å². The highest BCUT2D eigenvalue weighted by molar-refractivity contribution is 5.92. The van der Waals surface area contributed by atoms with Crippen molar-refractivity contribution in [1.82, 2.24) is 14.8 Å². The van der Waals surface area contributed by atoms with Crippen molar-refractivity contribution in [2.24, 2.45) is 5.92 Å². The highest BCUT2D eigenvalue weighted by atomic mass is 16.3. The normalized spacial score (nSPS) is 26.6. The van der Waals surface area contributed by atoms with Crippen molar-refractivity contribution in [3.63, 3.8) is 0 Å². The standard InChI is InChI=1S/C21H28N4O2/c1-2-18(26)24-16-10-5-4-9-15(16)21(12-6-3-7-13-21)25-20(24)22-19(23-25)17-11-8-14-27-17/h8,11,14-16H,2-7,9-10,12-13H2,1H3. The largest absolute Gasteiger partial charge is 0.461 e. The molecule has 1 amide bonds. The van der Waals surface area contributed by atoms with Crippen LogP contribution in [0.15, 0.2) is 22.8 Å². The van der Waals surface area contributed by atoms with Gasteiger partial charge in [-0.05, 0) is 37.8 Å². The lowest BCUT2D eigenvalue weighted by Gasteiger charge is -2.55. The Bertz CT molecular complexity index is 819. The highest BCUT2D eigenvalue weighted by Crippen LogP contribution is 2.53. The molecule has 0 saturated heterocycles. The molecule has 0 N–H and O–H groups in total. The molecule has 2 saturated carbocycles. The van der Waals surface area contributed by atoms with Crippen molar-refractivity contribution >= 4 is 11.9 Å². The van der Waals surface area contributed by atoms with Crippen LogP contribution < -0.4 is 4.90 Å². The molecule has 2 unspecified atom stereocenters. The van der Waals surface area contributed by atoms with Crippen molar-refractivity contribution in [2.75, 3.05) is 4.90 Å². The molecule has 2 aliphatic carbocycles. The second kappa shape index (κ2) is 6.50. The van der Waals surface area contributed by atoms with Crippen molar-refractivity contribution in [2.45, 2.75) is 82.7 Å². The molecule has 27 heavy (non-hydrogen) atoms. The van der Waals surface area contributed by atoms with E-state index in [1.807, 2.05) is 24.0 Å². The van der Waals surface area contributed by atoms with Crippen molar-refractivity contribution in [3.8, 4) is 11.6 Å². The van der Waals surface area contributed by atoms with Crippen LogP contribution in [0, 0.1) is 5.92 Å². The van der Waals surface area contributed by atoms with Crippen LogP contribution in [0.3, 0.4) is 0 Å². The minimum Gasteiger partial charge on any atom is -0.461 e. The minimum absolute atomic E-state index is 0.0149. The lowest BCUT2D eigenvalue weighted by Crippen LogP contribution is -2.61. The molecule has 0 aromatic carbocycles. The Labute approximate surface area is 159 Å². The second-order valence-electron chi connectivity index (χ2n) is 8.36. The number of nitrogens with zero attached hydrogens (tertiary/aromatic N) is 4. The molecule has 0 bridgehead atoms. The molecular formula is C21H28N4O2. The van der Waals surface area contributed by atoms with Gasteiger partial charge in [-0.1, -0.05) is 39.0 Å². The summed E-state index contributed by atoms with van der Waals surface area (Å²) >= 11 is 0. The van der Waals surface area contributed by atoms with Gasteiger partial charge in [-0.3, -0.25) is 9.69 Å². The van der Waals surface area contributed by atoms with E-state index in [0.29, 0.717) is 23.9 Å². The predicted molar refractivity (Wildman–Crippen MR) is 102 cm³/mol. The number of hydrogen-bond donors (Lipinski definition) is 0. The fourth-order valence-corrected chi connectivity index (χ4v) is 5.83. The number of furan rings is 1. The maximum atomic E-state index is 13.0. The van der Waals surface area contributed by atoms with Gasteiger partial charge < -0.3 is 4.42 Å². The van der Waals surface area contributed by atoms with Gasteiger partial charge in [0, 0.05) is 18.4 Å². The van der Waals surface area contributed by atoms with Crippen LogP contribution in [-0.2, 0) is 10.3 Å². The molecule has 2 atom stereocenters. The zero-order valence-corrected chi connectivity index (χ0v) is 16.1. The quantitative estimate of drug-likeness (QED) is 0.782. The Balaban J connectivity index is 1.71. The monoisotopic (exact) mass is 368 g/mol. The molecule has 6 nitrogen and oxygen atoms in total. The van der Waals surface area contributed by atoms with Gasteiger partial charge in [-0.15, -0.1) is 5.10 Å². The number of carbonyl (C=O) groups is 1. The molecule has 5 rings (SSSR count). The van der Waals surface area contributed by atoms with E-state index in [1.54, 1.807) is 6.26 Å². The third-order valence-electron chi connectivity index (χ3n) is 7.01. The molecule has 1 aliphatic heterocycles. The maximum absolute atomic E-state index is 13.0. The van der Waals surface area contributed by atoms with Crippen LogP contribution in [-0.4, -0.2) is 26.7 Å². The SMILES string of the molecule is CCC(=O)N1c2nc(-c3ccco3)nn2C2(CCCCC2)C2CCCCC21. The average molecular weight is 368 g/mol. The lowest BCUT2D eigenvalue weighted by molar-refractivity contribution is -0.120. The Morgan fingerprint density at radius 2 is 2.04 bits per heavy atom. The first-order valence-corrected chi connectivity index (χ1v) is 10.6.